The molecular formula is C20H28O4. The number of hydrogen-bond acceptors (Lipinski definition) is 4. The third kappa shape index (κ3) is 2.51. The average Bonchev–Trinajstić information content (AvgIpc) is 2.88. The van der Waals surface area contributed by atoms with E-state index in [2.05, 4.69) is 26.0 Å². The second-order valence-electron chi connectivity index (χ2n) is 8.14. The lowest BCUT2D eigenvalue weighted by Gasteiger charge is -2.61. The molecule has 132 valence electrons. The number of ether oxygens (including phenoxy) is 4. The molecule has 2 saturated heterocycles. The smallest absolute Gasteiger partial charge is 0.181 e. The first kappa shape index (κ1) is 16.5. The van der Waals surface area contributed by atoms with Crippen molar-refractivity contribution in [3.8, 4) is 0 Å². The van der Waals surface area contributed by atoms with Gasteiger partial charge in [0.15, 0.2) is 11.6 Å². The van der Waals surface area contributed by atoms with Gasteiger partial charge >= 0.3 is 0 Å². The molecule has 4 nitrogen and oxygen atoms in total. The summed E-state index contributed by atoms with van der Waals surface area (Å²) in [5, 5.41) is 0. The first-order chi connectivity index (χ1) is 11.4. The van der Waals surface area contributed by atoms with Crippen LogP contribution in [0, 0.1) is 23.7 Å². The highest BCUT2D eigenvalue weighted by molar-refractivity contribution is 5.16. The van der Waals surface area contributed by atoms with E-state index in [1.165, 1.54) is 5.56 Å². The van der Waals surface area contributed by atoms with Crippen molar-refractivity contribution in [1.29, 1.82) is 0 Å². The van der Waals surface area contributed by atoms with Crippen LogP contribution in [0.15, 0.2) is 30.3 Å². The van der Waals surface area contributed by atoms with Crippen LogP contribution in [0.1, 0.15) is 33.3 Å². The molecule has 2 heterocycles. The SMILES string of the molecule is CC(C)C1COC2(OCc3ccccc3)C3COC(C)(C)OC3C12. The van der Waals surface area contributed by atoms with Crippen LogP contribution in [0.4, 0.5) is 0 Å². The van der Waals surface area contributed by atoms with Gasteiger partial charge < -0.3 is 18.9 Å². The number of benzene rings is 1. The van der Waals surface area contributed by atoms with Crippen molar-refractivity contribution in [2.45, 2.75) is 52.0 Å². The Morgan fingerprint density at radius 1 is 1.12 bits per heavy atom. The zero-order chi connectivity index (χ0) is 16.9. The summed E-state index contributed by atoms with van der Waals surface area (Å²) in [6.45, 7) is 10.5. The van der Waals surface area contributed by atoms with Crippen molar-refractivity contribution in [2.75, 3.05) is 13.2 Å². The van der Waals surface area contributed by atoms with Gasteiger partial charge in [0.05, 0.1) is 31.8 Å². The van der Waals surface area contributed by atoms with Gasteiger partial charge in [-0.25, -0.2) is 0 Å². The maximum Gasteiger partial charge on any atom is 0.181 e. The Kier molecular flexibility index (Phi) is 4.00. The van der Waals surface area contributed by atoms with E-state index in [9.17, 15) is 0 Å². The third-order valence-electron chi connectivity index (χ3n) is 5.89. The Balaban J connectivity index is 1.56. The molecule has 0 amide bonds. The normalized spacial score (nSPS) is 40.0. The summed E-state index contributed by atoms with van der Waals surface area (Å²) >= 11 is 0. The summed E-state index contributed by atoms with van der Waals surface area (Å²) in [6, 6.07) is 10.3. The molecule has 0 N–H and O–H groups in total. The van der Waals surface area contributed by atoms with E-state index in [-0.39, 0.29) is 17.9 Å². The van der Waals surface area contributed by atoms with Gasteiger partial charge in [-0.3, -0.25) is 0 Å². The Hall–Kier alpha value is -0.940. The average molecular weight is 332 g/mol. The zero-order valence-corrected chi connectivity index (χ0v) is 15.0. The zero-order valence-electron chi connectivity index (χ0n) is 15.0. The van der Waals surface area contributed by atoms with Crippen LogP contribution in [0.2, 0.25) is 0 Å². The molecule has 2 aliphatic heterocycles. The fourth-order valence-corrected chi connectivity index (χ4v) is 4.55. The molecule has 1 aliphatic carbocycles. The van der Waals surface area contributed by atoms with E-state index in [1.54, 1.807) is 0 Å². The van der Waals surface area contributed by atoms with Gasteiger partial charge in [-0.15, -0.1) is 0 Å². The maximum atomic E-state index is 6.41. The van der Waals surface area contributed by atoms with Crippen LogP contribution < -0.4 is 0 Å². The highest BCUT2D eigenvalue weighted by atomic mass is 16.7. The molecule has 0 radical (unpaired) electrons. The van der Waals surface area contributed by atoms with Crippen LogP contribution in [0.25, 0.3) is 0 Å². The monoisotopic (exact) mass is 332 g/mol. The van der Waals surface area contributed by atoms with Gasteiger partial charge in [0.2, 0.25) is 0 Å². The molecule has 1 aromatic carbocycles. The van der Waals surface area contributed by atoms with E-state index in [1.807, 2.05) is 32.0 Å². The lowest BCUT2D eigenvalue weighted by atomic mass is 9.60. The molecule has 0 spiro atoms. The Bertz CT molecular complexity index is 585. The third-order valence-corrected chi connectivity index (χ3v) is 5.89. The predicted octanol–water partition coefficient (Wildman–Crippen LogP) is 3.60. The first-order valence-corrected chi connectivity index (χ1v) is 9.06. The van der Waals surface area contributed by atoms with E-state index in [4.69, 9.17) is 18.9 Å². The largest absolute Gasteiger partial charge is 0.350 e. The number of fused-ring (bicyclic) bond motifs is 4. The number of rotatable bonds is 4. The van der Waals surface area contributed by atoms with Crippen LogP contribution in [0.3, 0.4) is 0 Å². The van der Waals surface area contributed by atoms with Gasteiger partial charge in [-0.2, -0.15) is 0 Å². The van der Waals surface area contributed by atoms with Crippen molar-refractivity contribution in [3.63, 3.8) is 0 Å². The molecule has 3 fully saturated rings. The Morgan fingerprint density at radius 3 is 2.58 bits per heavy atom. The second-order valence-corrected chi connectivity index (χ2v) is 8.14. The topological polar surface area (TPSA) is 36.9 Å². The Morgan fingerprint density at radius 2 is 1.88 bits per heavy atom. The van der Waals surface area contributed by atoms with Gasteiger partial charge in [0.1, 0.15) is 0 Å². The summed E-state index contributed by atoms with van der Waals surface area (Å²) in [4.78, 5) is 0. The van der Waals surface area contributed by atoms with Crippen LogP contribution in [-0.4, -0.2) is 30.9 Å². The van der Waals surface area contributed by atoms with E-state index < -0.39 is 11.6 Å². The lowest BCUT2D eigenvalue weighted by Crippen LogP contribution is -2.72. The molecule has 0 aromatic heterocycles. The van der Waals surface area contributed by atoms with Crippen molar-refractivity contribution >= 4 is 0 Å². The quantitative estimate of drug-likeness (QED) is 0.844. The highest BCUT2D eigenvalue weighted by Gasteiger charge is 2.73. The van der Waals surface area contributed by atoms with E-state index in [0.29, 0.717) is 25.0 Å². The summed E-state index contributed by atoms with van der Waals surface area (Å²) < 4.78 is 24.9. The fourth-order valence-electron chi connectivity index (χ4n) is 4.55. The molecule has 24 heavy (non-hydrogen) atoms. The van der Waals surface area contributed by atoms with Crippen LogP contribution in [-0.2, 0) is 25.6 Å². The van der Waals surface area contributed by atoms with Gasteiger partial charge in [-0.05, 0) is 31.2 Å². The minimum atomic E-state index is -0.550. The predicted molar refractivity (Wildman–Crippen MR) is 90.1 cm³/mol. The van der Waals surface area contributed by atoms with Crippen LogP contribution in [0.5, 0.6) is 0 Å². The van der Waals surface area contributed by atoms with E-state index >= 15 is 0 Å². The minimum absolute atomic E-state index is 0.156. The highest BCUT2D eigenvalue weighted by Crippen LogP contribution is 2.61. The fraction of sp³-hybridized carbons (Fsp3) is 0.700. The van der Waals surface area contributed by atoms with Gasteiger partial charge in [0.25, 0.3) is 0 Å². The molecule has 1 saturated carbocycles. The molecule has 5 atom stereocenters. The molecular weight excluding hydrogens is 304 g/mol. The van der Waals surface area contributed by atoms with Crippen molar-refractivity contribution < 1.29 is 18.9 Å². The Labute approximate surface area is 144 Å². The maximum absolute atomic E-state index is 6.41. The summed E-state index contributed by atoms with van der Waals surface area (Å²) in [7, 11) is 0. The number of hydrogen-bond donors (Lipinski definition) is 0. The summed E-state index contributed by atoms with van der Waals surface area (Å²) in [5.41, 5.74) is 1.17. The van der Waals surface area contributed by atoms with Gasteiger partial charge in [-0.1, -0.05) is 44.2 Å². The molecule has 5 unspecified atom stereocenters. The van der Waals surface area contributed by atoms with Crippen molar-refractivity contribution in [2.24, 2.45) is 23.7 Å². The molecule has 0 bridgehead atoms. The summed E-state index contributed by atoms with van der Waals surface area (Å²) in [5.74, 6) is 0.393. The minimum Gasteiger partial charge on any atom is -0.350 e. The molecule has 1 aromatic rings. The van der Waals surface area contributed by atoms with Gasteiger partial charge in [0, 0.05) is 5.92 Å². The second kappa shape index (κ2) is 5.80. The van der Waals surface area contributed by atoms with Crippen molar-refractivity contribution in [3.05, 3.63) is 35.9 Å². The molecule has 4 rings (SSSR count). The molecule has 3 aliphatic rings. The standard InChI is InChI=1S/C20H28O4/c1-13(2)15-11-23-20(22-10-14-8-6-5-7-9-14)16-12-21-19(3,4)24-18(16)17(15)20/h5-9,13,15-18H,10-12H2,1-4H3. The summed E-state index contributed by atoms with van der Waals surface area (Å²) in [6.07, 6.45) is 0.166. The van der Waals surface area contributed by atoms with Crippen LogP contribution >= 0.6 is 0 Å². The van der Waals surface area contributed by atoms with Crippen molar-refractivity contribution in [1.82, 2.24) is 0 Å². The molecule has 4 heteroatoms. The lowest BCUT2D eigenvalue weighted by molar-refractivity contribution is -0.431. The van der Waals surface area contributed by atoms with E-state index in [0.717, 1.165) is 6.61 Å². The first-order valence-electron chi connectivity index (χ1n) is 9.06.